The third kappa shape index (κ3) is 4.96. The van der Waals surface area contributed by atoms with Crippen LogP contribution in [0.1, 0.15) is 16.7 Å². The molecule has 0 aliphatic rings. The van der Waals surface area contributed by atoms with E-state index in [-0.39, 0.29) is 4.90 Å². The average molecular weight is 532 g/mol. The number of ether oxygens (including phenoxy) is 1. The number of methoxy groups -OCH3 is 1. The third-order valence-electron chi connectivity index (χ3n) is 6.21. The number of H-pyrrole nitrogens is 1. The Bertz CT molecular complexity index is 1730. The summed E-state index contributed by atoms with van der Waals surface area (Å²) in [5, 5.41) is 16.0. The van der Waals surface area contributed by atoms with Gasteiger partial charge in [0.15, 0.2) is 5.82 Å². The van der Waals surface area contributed by atoms with Crippen molar-refractivity contribution in [2.24, 2.45) is 0 Å². The first-order valence-corrected chi connectivity index (χ1v) is 13.2. The number of benzene rings is 3. The number of amides is 1. The molecular weight excluding hydrogens is 506 g/mol. The number of aromatic nitrogens is 4. The Morgan fingerprint density at radius 1 is 1.05 bits per heavy atom. The Hall–Kier alpha value is -4.64. The van der Waals surface area contributed by atoms with E-state index in [2.05, 4.69) is 10.2 Å². The van der Waals surface area contributed by atoms with Gasteiger partial charge in [-0.3, -0.25) is 9.67 Å². The highest BCUT2D eigenvalue weighted by Crippen LogP contribution is 2.30. The topological polar surface area (TPSA) is 139 Å². The number of fused-ring (bicyclic) bond motifs is 1. The molecule has 3 N–H and O–H groups in total. The minimum atomic E-state index is -4.18. The van der Waals surface area contributed by atoms with Crippen molar-refractivity contribution in [3.8, 4) is 23.0 Å². The number of rotatable bonds is 8. The fraction of sp³-hybridized carbons (Fsp3) is 0.148. The number of aromatic amines is 1. The third-order valence-corrected chi connectivity index (χ3v) is 7.63. The number of aryl methyl sites for hydroxylation is 3. The van der Waals surface area contributed by atoms with Gasteiger partial charge in [-0.25, -0.2) is 22.9 Å². The van der Waals surface area contributed by atoms with E-state index in [1.54, 1.807) is 30.2 Å². The Balaban J connectivity index is 1.45. The van der Waals surface area contributed by atoms with Crippen molar-refractivity contribution in [2.45, 2.75) is 24.7 Å². The summed E-state index contributed by atoms with van der Waals surface area (Å²) in [7, 11) is -2.56. The highest BCUT2D eigenvalue weighted by molar-refractivity contribution is 7.90. The Kier molecular flexibility index (Phi) is 6.60. The lowest BCUT2D eigenvalue weighted by atomic mass is 10.0. The number of imidazole rings is 1. The van der Waals surface area contributed by atoms with Gasteiger partial charge in [-0.15, -0.1) is 0 Å². The van der Waals surface area contributed by atoms with E-state index in [1.165, 1.54) is 6.07 Å². The highest BCUT2D eigenvalue weighted by atomic mass is 32.2. The maximum atomic E-state index is 12.5. The van der Waals surface area contributed by atoms with Gasteiger partial charge in [0.25, 0.3) is 10.0 Å². The van der Waals surface area contributed by atoms with Crippen LogP contribution in [0.3, 0.4) is 0 Å². The second-order valence-corrected chi connectivity index (χ2v) is 10.4. The average Bonchev–Trinajstić information content (AvgIpc) is 3.54. The zero-order valence-electron chi connectivity index (χ0n) is 20.7. The molecule has 2 heterocycles. The Labute approximate surface area is 219 Å². The quantitative estimate of drug-likeness (QED) is 0.268. The lowest BCUT2D eigenvalue weighted by Crippen LogP contribution is -2.29. The largest absolute Gasteiger partial charge is 0.497 e. The lowest BCUT2D eigenvalue weighted by Gasteiger charge is -2.12. The molecule has 38 heavy (non-hydrogen) atoms. The molecule has 3 aromatic carbocycles. The predicted molar refractivity (Wildman–Crippen MR) is 142 cm³/mol. The number of hydrogen-bond acceptors (Lipinski definition) is 6. The fourth-order valence-corrected chi connectivity index (χ4v) is 5.53. The normalized spacial score (nSPS) is 11.5. The zero-order chi connectivity index (χ0) is 26.9. The molecule has 11 heteroatoms. The lowest BCUT2D eigenvalue weighted by molar-refractivity contribution is 0.201. The molecule has 0 aliphatic heterocycles. The van der Waals surface area contributed by atoms with Crippen molar-refractivity contribution in [3.63, 3.8) is 0 Å². The van der Waals surface area contributed by atoms with Crippen molar-refractivity contribution in [3.05, 3.63) is 89.6 Å². The van der Waals surface area contributed by atoms with Crippen molar-refractivity contribution in [1.82, 2.24) is 24.5 Å². The van der Waals surface area contributed by atoms with Crippen LogP contribution in [0.15, 0.2) is 77.8 Å². The Morgan fingerprint density at radius 2 is 1.84 bits per heavy atom. The van der Waals surface area contributed by atoms with E-state index in [4.69, 9.17) is 14.8 Å². The van der Waals surface area contributed by atoms with Crippen LogP contribution in [-0.2, 0) is 22.9 Å². The van der Waals surface area contributed by atoms with E-state index in [0.29, 0.717) is 30.0 Å². The molecule has 194 valence electrons. The van der Waals surface area contributed by atoms with Gasteiger partial charge in [-0.05, 0) is 67.3 Å². The number of carboxylic acid groups (broad SMARTS) is 1. The molecule has 0 bridgehead atoms. The van der Waals surface area contributed by atoms with Crippen molar-refractivity contribution < 1.29 is 23.1 Å². The van der Waals surface area contributed by atoms with Gasteiger partial charge in [-0.1, -0.05) is 29.8 Å². The molecule has 0 saturated heterocycles. The molecule has 1 amide bonds. The molecule has 0 aliphatic carbocycles. The summed E-state index contributed by atoms with van der Waals surface area (Å²) in [6.45, 7) is 1.86. The first-order chi connectivity index (χ1) is 18.2. The highest BCUT2D eigenvalue weighted by Gasteiger charge is 2.21. The molecule has 2 aromatic heterocycles. The molecule has 0 spiro atoms. The van der Waals surface area contributed by atoms with Crippen molar-refractivity contribution in [1.29, 1.82) is 0 Å². The van der Waals surface area contributed by atoms with Gasteiger partial charge in [0.05, 0.1) is 23.0 Å². The maximum Gasteiger partial charge on any atom is 0.418 e. The number of hydrogen-bond donors (Lipinski definition) is 3. The molecule has 10 nitrogen and oxygen atoms in total. The van der Waals surface area contributed by atoms with Crippen LogP contribution in [-0.4, -0.2) is 46.5 Å². The van der Waals surface area contributed by atoms with E-state index < -0.39 is 16.1 Å². The van der Waals surface area contributed by atoms with Crippen molar-refractivity contribution >= 4 is 27.1 Å². The van der Waals surface area contributed by atoms with Crippen LogP contribution >= 0.6 is 0 Å². The standard InChI is InChI=1S/C27H25N5O5S/c1-17-3-12-25(38(35,36)31-27(33)34)19(15-17)7-4-18-5-8-20(9-6-18)32-24-11-10-21(37-2)16-23(24)29-26(32)22-13-14-28-30-22/h3,5-6,8-16,31H,4,7H2,1-2H3,(H,28,30)(H,33,34). The smallest absolute Gasteiger partial charge is 0.418 e. The van der Waals surface area contributed by atoms with E-state index in [9.17, 15) is 13.2 Å². The van der Waals surface area contributed by atoms with Crippen LogP contribution in [0.25, 0.3) is 28.2 Å². The van der Waals surface area contributed by atoms with Crippen molar-refractivity contribution in [2.75, 3.05) is 7.11 Å². The maximum absolute atomic E-state index is 12.5. The Morgan fingerprint density at radius 3 is 2.53 bits per heavy atom. The van der Waals surface area contributed by atoms with Crippen LogP contribution in [0.5, 0.6) is 5.75 Å². The summed E-state index contributed by atoms with van der Waals surface area (Å²) >= 11 is 0. The molecule has 5 rings (SSSR count). The van der Waals surface area contributed by atoms with Crippen LogP contribution in [0.2, 0.25) is 0 Å². The number of carbonyl (C=O) groups is 1. The predicted octanol–water partition coefficient (Wildman–Crippen LogP) is 4.47. The summed E-state index contributed by atoms with van der Waals surface area (Å²) in [6, 6.07) is 20.4. The summed E-state index contributed by atoms with van der Waals surface area (Å²) in [6.07, 6.45) is 1.04. The summed E-state index contributed by atoms with van der Waals surface area (Å²) < 4.78 is 34.1. The SMILES string of the molecule is COc1ccc2c(c1)nc(-c1ccn[nH]1)n2-c1ccc(CCc2cc(C)ccc2S(=O)(=O)NC(=O)O)cc1. The fourth-order valence-electron chi connectivity index (χ4n) is 4.44. The molecular formula is C27H25N5O5S. The van der Waals surface area contributed by atoms with E-state index in [1.807, 2.05) is 60.0 Å². The van der Waals surface area contributed by atoms with E-state index >= 15 is 0 Å². The molecule has 0 unspecified atom stereocenters. The summed E-state index contributed by atoms with van der Waals surface area (Å²) in [5.41, 5.74) is 5.80. The summed E-state index contributed by atoms with van der Waals surface area (Å²) in [5.74, 6) is 1.42. The second-order valence-electron chi connectivity index (χ2n) is 8.78. The monoisotopic (exact) mass is 531 g/mol. The minimum Gasteiger partial charge on any atom is -0.497 e. The van der Waals surface area contributed by atoms with Gasteiger partial charge in [0.1, 0.15) is 11.4 Å². The van der Waals surface area contributed by atoms with Gasteiger partial charge >= 0.3 is 6.09 Å². The first kappa shape index (κ1) is 25.0. The molecule has 0 atom stereocenters. The molecule has 5 aromatic rings. The molecule has 0 radical (unpaired) electrons. The first-order valence-electron chi connectivity index (χ1n) is 11.8. The van der Waals surface area contributed by atoms with Gasteiger partial charge in [0.2, 0.25) is 0 Å². The van der Waals surface area contributed by atoms with Gasteiger partial charge in [-0.2, -0.15) is 5.10 Å². The van der Waals surface area contributed by atoms with Gasteiger partial charge < -0.3 is 9.84 Å². The zero-order valence-corrected chi connectivity index (χ0v) is 21.5. The van der Waals surface area contributed by atoms with Crippen LogP contribution < -0.4 is 9.46 Å². The molecule has 0 fully saturated rings. The number of sulfonamides is 1. The number of nitrogens with one attached hydrogen (secondary N) is 2. The minimum absolute atomic E-state index is 0.0355. The molecule has 0 saturated carbocycles. The van der Waals surface area contributed by atoms with Crippen LogP contribution in [0.4, 0.5) is 4.79 Å². The van der Waals surface area contributed by atoms with E-state index in [0.717, 1.165) is 33.5 Å². The number of nitrogens with zero attached hydrogens (tertiary/aromatic N) is 3. The van der Waals surface area contributed by atoms with Gasteiger partial charge in [0, 0.05) is 18.0 Å². The second kappa shape index (κ2) is 10.0. The van der Waals surface area contributed by atoms with Crippen LogP contribution in [0, 0.1) is 6.92 Å². The summed E-state index contributed by atoms with van der Waals surface area (Å²) in [4.78, 5) is 15.8.